The maximum absolute atomic E-state index is 13.0. The molecule has 26 heavy (non-hydrogen) atoms. The van der Waals surface area contributed by atoms with Crippen molar-refractivity contribution in [3.8, 4) is 17.1 Å². The summed E-state index contributed by atoms with van der Waals surface area (Å²) < 4.78 is 51.0. The van der Waals surface area contributed by atoms with Crippen molar-refractivity contribution in [1.82, 2.24) is 24.5 Å². The summed E-state index contributed by atoms with van der Waals surface area (Å²) in [6.45, 7) is 0. The van der Waals surface area contributed by atoms with E-state index in [2.05, 4.69) is 15.2 Å². The minimum Gasteiger partial charge on any atom is -0.497 e. The molecule has 136 valence electrons. The molecule has 3 rings (SSSR count). The summed E-state index contributed by atoms with van der Waals surface area (Å²) in [5.41, 5.74) is -0.720. The largest absolute Gasteiger partial charge is 0.497 e. The van der Waals surface area contributed by atoms with Crippen molar-refractivity contribution >= 4 is 12.3 Å². The predicted octanol–water partition coefficient (Wildman–Crippen LogP) is 2.29. The highest BCUT2D eigenvalue weighted by atomic mass is 19.4. The minimum absolute atomic E-state index is 0.0389. The Morgan fingerprint density at radius 2 is 2.00 bits per heavy atom. The number of alkyl halides is 3. The Bertz CT molecular complexity index is 1020. The highest BCUT2D eigenvalue weighted by molar-refractivity contribution is 5.60. The fourth-order valence-corrected chi connectivity index (χ4v) is 2.06. The van der Waals surface area contributed by atoms with Crippen LogP contribution in [0.1, 0.15) is 11.5 Å². The van der Waals surface area contributed by atoms with Gasteiger partial charge in [-0.25, -0.2) is 14.5 Å². The molecule has 0 atom stereocenters. The van der Waals surface area contributed by atoms with Crippen molar-refractivity contribution in [2.24, 2.45) is 7.05 Å². The lowest BCUT2D eigenvalue weighted by Crippen LogP contribution is -2.09. The number of methoxy groups -OCH3 is 1. The Morgan fingerprint density at radius 1 is 1.23 bits per heavy atom. The van der Waals surface area contributed by atoms with Gasteiger partial charge in [-0.1, -0.05) is 0 Å². The summed E-state index contributed by atoms with van der Waals surface area (Å²) in [6, 6.07) is 3.23. The van der Waals surface area contributed by atoms with E-state index in [1.54, 1.807) is 0 Å². The van der Waals surface area contributed by atoms with Gasteiger partial charge >= 0.3 is 11.9 Å². The number of ether oxygens (including phenoxy) is 1. The summed E-state index contributed by atoms with van der Waals surface area (Å²) in [6.07, 6.45) is -0.471. The van der Waals surface area contributed by atoms with Crippen LogP contribution in [0.2, 0.25) is 0 Å². The zero-order valence-corrected chi connectivity index (χ0v) is 13.6. The molecule has 0 aliphatic carbocycles. The summed E-state index contributed by atoms with van der Waals surface area (Å²) in [7, 11) is 2.70. The average Bonchev–Trinajstić information content (AvgIpc) is 3.19. The molecule has 0 N–H and O–H groups in total. The van der Waals surface area contributed by atoms with Gasteiger partial charge in [-0.2, -0.15) is 17.9 Å². The van der Waals surface area contributed by atoms with E-state index in [-0.39, 0.29) is 23.0 Å². The van der Waals surface area contributed by atoms with Gasteiger partial charge in [0.15, 0.2) is 5.82 Å². The maximum atomic E-state index is 13.0. The molecule has 0 saturated heterocycles. The summed E-state index contributed by atoms with van der Waals surface area (Å²) >= 11 is 0. The second-order valence-corrected chi connectivity index (χ2v) is 5.14. The van der Waals surface area contributed by atoms with Crippen molar-refractivity contribution in [2.45, 2.75) is 6.18 Å². The molecule has 0 fully saturated rings. The Labute approximate surface area is 144 Å². The zero-order chi connectivity index (χ0) is 18.9. The fourth-order valence-electron chi connectivity index (χ4n) is 2.06. The highest BCUT2D eigenvalue weighted by Crippen LogP contribution is 2.34. The third-order valence-corrected chi connectivity index (χ3v) is 3.31. The van der Waals surface area contributed by atoms with Crippen LogP contribution < -0.4 is 10.5 Å². The SMILES string of the molecule is COc1cc(-c2ncn(C=Cc3nn(C)c(=O)o3)n2)cc(C(F)(F)F)c1. The predicted molar refractivity (Wildman–Crippen MR) is 84.0 cm³/mol. The summed E-state index contributed by atoms with van der Waals surface area (Å²) in [5, 5.41) is 7.86. The van der Waals surface area contributed by atoms with Gasteiger partial charge in [0.05, 0.1) is 12.7 Å². The Hall–Kier alpha value is -3.37. The highest BCUT2D eigenvalue weighted by Gasteiger charge is 2.31. The van der Waals surface area contributed by atoms with Crippen molar-refractivity contribution in [3.63, 3.8) is 0 Å². The number of hydrogen-bond acceptors (Lipinski definition) is 6. The smallest absolute Gasteiger partial charge is 0.437 e. The monoisotopic (exact) mass is 367 g/mol. The lowest BCUT2D eigenvalue weighted by molar-refractivity contribution is -0.137. The number of benzene rings is 1. The van der Waals surface area contributed by atoms with Crippen LogP contribution in [0.3, 0.4) is 0 Å². The molecular weight excluding hydrogens is 355 g/mol. The van der Waals surface area contributed by atoms with E-state index in [4.69, 9.17) is 9.15 Å². The van der Waals surface area contributed by atoms with Crippen molar-refractivity contribution in [2.75, 3.05) is 7.11 Å². The molecule has 0 bridgehead atoms. The van der Waals surface area contributed by atoms with Gasteiger partial charge in [0.1, 0.15) is 12.1 Å². The second kappa shape index (κ2) is 6.50. The zero-order valence-electron chi connectivity index (χ0n) is 13.6. The van der Waals surface area contributed by atoms with E-state index in [1.807, 2.05) is 0 Å². The number of aromatic nitrogens is 5. The van der Waals surface area contributed by atoms with Crippen LogP contribution in [-0.2, 0) is 13.2 Å². The topological polar surface area (TPSA) is 88.0 Å². The number of aryl methyl sites for hydroxylation is 1. The quantitative estimate of drug-likeness (QED) is 0.703. The van der Waals surface area contributed by atoms with Gasteiger partial charge in [-0.05, 0) is 18.2 Å². The first-order valence-corrected chi connectivity index (χ1v) is 7.16. The lowest BCUT2D eigenvalue weighted by atomic mass is 10.1. The van der Waals surface area contributed by atoms with Gasteiger partial charge in [0.25, 0.3) is 0 Å². The van der Waals surface area contributed by atoms with Gasteiger partial charge in [-0.15, -0.1) is 10.2 Å². The molecular formula is C15H12F3N5O3. The van der Waals surface area contributed by atoms with Crippen LogP contribution in [0.15, 0.2) is 33.7 Å². The van der Waals surface area contributed by atoms with E-state index in [0.29, 0.717) is 0 Å². The van der Waals surface area contributed by atoms with E-state index < -0.39 is 17.5 Å². The molecule has 2 aromatic heterocycles. The van der Waals surface area contributed by atoms with Gasteiger partial charge < -0.3 is 9.15 Å². The number of nitrogens with zero attached hydrogens (tertiary/aromatic N) is 5. The molecule has 0 radical (unpaired) electrons. The molecule has 0 saturated carbocycles. The van der Waals surface area contributed by atoms with Crippen LogP contribution in [-0.4, -0.2) is 31.7 Å². The first kappa shape index (κ1) is 17.5. The van der Waals surface area contributed by atoms with Crippen LogP contribution in [0.5, 0.6) is 5.75 Å². The molecule has 0 aliphatic heterocycles. The number of rotatable bonds is 4. The normalized spacial score (nSPS) is 12.0. The van der Waals surface area contributed by atoms with Crippen molar-refractivity contribution in [1.29, 1.82) is 0 Å². The molecule has 0 unspecified atom stereocenters. The second-order valence-electron chi connectivity index (χ2n) is 5.14. The third-order valence-electron chi connectivity index (χ3n) is 3.31. The van der Waals surface area contributed by atoms with E-state index >= 15 is 0 Å². The van der Waals surface area contributed by atoms with Gasteiger partial charge in [0, 0.05) is 24.9 Å². The fraction of sp³-hybridized carbons (Fsp3) is 0.200. The van der Waals surface area contributed by atoms with E-state index in [9.17, 15) is 18.0 Å². The van der Waals surface area contributed by atoms with Gasteiger partial charge in [-0.3, -0.25) is 0 Å². The van der Waals surface area contributed by atoms with E-state index in [1.165, 1.54) is 43.5 Å². The molecule has 11 heteroatoms. The summed E-state index contributed by atoms with van der Waals surface area (Å²) in [5.74, 6) is -0.464. The molecule has 8 nitrogen and oxygen atoms in total. The van der Waals surface area contributed by atoms with Crippen molar-refractivity contribution in [3.05, 3.63) is 46.5 Å². The minimum atomic E-state index is -4.53. The average molecular weight is 367 g/mol. The van der Waals surface area contributed by atoms with Crippen molar-refractivity contribution < 1.29 is 22.3 Å². The van der Waals surface area contributed by atoms with E-state index in [0.717, 1.165) is 16.8 Å². The molecule has 0 amide bonds. The number of hydrogen-bond donors (Lipinski definition) is 0. The Morgan fingerprint density at radius 3 is 2.62 bits per heavy atom. The number of halogens is 3. The first-order chi connectivity index (χ1) is 12.3. The lowest BCUT2D eigenvalue weighted by Gasteiger charge is -2.10. The summed E-state index contributed by atoms with van der Waals surface area (Å²) in [4.78, 5) is 15.2. The standard InChI is InChI=1S/C15H12F3N5O3/c1-22-14(24)26-12(20-22)3-4-23-8-19-13(21-23)9-5-10(15(16,17)18)7-11(6-9)25-2/h3-8H,1-2H3. The Kier molecular flexibility index (Phi) is 4.36. The first-order valence-electron chi connectivity index (χ1n) is 7.16. The Balaban J connectivity index is 1.91. The third kappa shape index (κ3) is 3.66. The molecule has 1 aromatic carbocycles. The maximum Gasteiger partial charge on any atom is 0.437 e. The van der Waals surface area contributed by atoms with Gasteiger partial charge in [0.2, 0.25) is 5.89 Å². The molecule has 2 heterocycles. The molecule has 0 spiro atoms. The van der Waals surface area contributed by atoms with Crippen LogP contribution in [0, 0.1) is 0 Å². The molecule has 3 aromatic rings. The molecule has 0 aliphatic rings. The van der Waals surface area contributed by atoms with Crippen LogP contribution in [0.25, 0.3) is 23.7 Å². The van der Waals surface area contributed by atoms with Crippen LogP contribution in [0.4, 0.5) is 13.2 Å². The van der Waals surface area contributed by atoms with Crippen LogP contribution >= 0.6 is 0 Å².